The maximum atomic E-state index is 13.3. The van der Waals surface area contributed by atoms with Crippen LogP contribution in [0.3, 0.4) is 0 Å². The largest absolute Gasteiger partial charge is 0.398 e. The van der Waals surface area contributed by atoms with Crippen molar-refractivity contribution in [3.63, 3.8) is 0 Å². The van der Waals surface area contributed by atoms with E-state index in [9.17, 15) is 4.39 Å². The Labute approximate surface area is 118 Å². The van der Waals surface area contributed by atoms with Crippen molar-refractivity contribution in [1.29, 1.82) is 0 Å². The maximum absolute atomic E-state index is 13.3. The third kappa shape index (κ3) is 2.24. The SMILES string of the molecule is Nc1cccc(Cn2ccc3ccc(F)cc32)c1Br. The van der Waals surface area contributed by atoms with Crippen LogP contribution >= 0.6 is 15.9 Å². The van der Waals surface area contributed by atoms with Crippen LogP contribution in [0.1, 0.15) is 5.56 Å². The van der Waals surface area contributed by atoms with Gasteiger partial charge in [-0.1, -0.05) is 12.1 Å². The molecule has 0 saturated carbocycles. The third-order valence-corrected chi connectivity index (χ3v) is 4.15. The fourth-order valence-corrected chi connectivity index (χ4v) is 2.59. The molecule has 0 radical (unpaired) electrons. The second-order valence-corrected chi connectivity index (χ2v) is 5.26. The number of aromatic nitrogens is 1. The van der Waals surface area contributed by atoms with Crippen LogP contribution in [0.5, 0.6) is 0 Å². The smallest absolute Gasteiger partial charge is 0.125 e. The van der Waals surface area contributed by atoms with Crippen molar-refractivity contribution in [2.24, 2.45) is 0 Å². The third-order valence-electron chi connectivity index (χ3n) is 3.19. The number of halogens is 2. The molecule has 2 nitrogen and oxygen atoms in total. The van der Waals surface area contributed by atoms with E-state index in [2.05, 4.69) is 15.9 Å². The van der Waals surface area contributed by atoms with Gasteiger partial charge in [-0.2, -0.15) is 0 Å². The Kier molecular flexibility index (Phi) is 3.03. The van der Waals surface area contributed by atoms with Crippen molar-refractivity contribution in [2.75, 3.05) is 5.73 Å². The fraction of sp³-hybridized carbons (Fsp3) is 0.0667. The number of hydrogen-bond acceptors (Lipinski definition) is 1. The molecule has 2 N–H and O–H groups in total. The van der Waals surface area contributed by atoms with Gasteiger partial charge < -0.3 is 10.3 Å². The molecule has 0 amide bonds. The minimum Gasteiger partial charge on any atom is -0.398 e. The van der Waals surface area contributed by atoms with Gasteiger partial charge in [-0.3, -0.25) is 0 Å². The number of nitrogens with zero attached hydrogens (tertiary/aromatic N) is 1. The van der Waals surface area contributed by atoms with E-state index in [0.717, 1.165) is 20.9 Å². The van der Waals surface area contributed by atoms with E-state index in [1.165, 1.54) is 6.07 Å². The van der Waals surface area contributed by atoms with E-state index >= 15 is 0 Å². The Morgan fingerprint density at radius 1 is 1.16 bits per heavy atom. The molecule has 0 fully saturated rings. The summed E-state index contributed by atoms with van der Waals surface area (Å²) in [5.41, 5.74) is 8.53. The van der Waals surface area contributed by atoms with Crippen molar-refractivity contribution in [2.45, 2.75) is 6.54 Å². The van der Waals surface area contributed by atoms with Crippen LogP contribution in [-0.4, -0.2) is 4.57 Å². The highest BCUT2D eigenvalue weighted by atomic mass is 79.9. The Hall–Kier alpha value is -1.81. The van der Waals surface area contributed by atoms with E-state index in [-0.39, 0.29) is 5.82 Å². The highest BCUT2D eigenvalue weighted by molar-refractivity contribution is 9.10. The number of fused-ring (bicyclic) bond motifs is 1. The Morgan fingerprint density at radius 3 is 2.84 bits per heavy atom. The molecule has 0 aliphatic carbocycles. The average molecular weight is 319 g/mol. The topological polar surface area (TPSA) is 30.9 Å². The van der Waals surface area contributed by atoms with Crippen molar-refractivity contribution in [3.05, 3.63) is 64.5 Å². The summed E-state index contributed by atoms with van der Waals surface area (Å²) < 4.78 is 16.2. The van der Waals surface area contributed by atoms with E-state index in [1.807, 2.05) is 35.0 Å². The summed E-state index contributed by atoms with van der Waals surface area (Å²) in [6.45, 7) is 0.651. The zero-order valence-corrected chi connectivity index (χ0v) is 11.7. The number of anilines is 1. The lowest BCUT2D eigenvalue weighted by Gasteiger charge is -2.09. The number of hydrogen-bond donors (Lipinski definition) is 1. The first-order chi connectivity index (χ1) is 9.15. The number of nitrogen functional groups attached to an aromatic ring is 1. The molecular formula is C15H12BrFN2. The highest BCUT2D eigenvalue weighted by Gasteiger charge is 2.07. The van der Waals surface area contributed by atoms with Gasteiger partial charge in [-0.05, 0) is 57.2 Å². The molecule has 0 unspecified atom stereocenters. The fourth-order valence-electron chi connectivity index (χ4n) is 2.20. The van der Waals surface area contributed by atoms with Crippen LogP contribution in [0.4, 0.5) is 10.1 Å². The summed E-state index contributed by atoms with van der Waals surface area (Å²) in [4.78, 5) is 0. The lowest BCUT2D eigenvalue weighted by Crippen LogP contribution is -2.00. The zero-order chi connectivity index (χ0) is 13.4. The van der Waals surface area contributed by atoms with E-state index in [1.54, 1.807) is 12.1 Å². The van der Waals surface area contributed by atoms with Gasteiger partial charge in [-0.25, -0.2) is 4.39 Å². The van der Waals surface area contributed by atoms with Crippen LogP contribution in [0, 0.1) is 5.82 Å². The van der Waals surface area contributed by atoms with Crippen molar-refractivity contribution in [1.82, 2.24) is 4.57 Å². The summed E-state index contributed by atoms with van der Waals surface area (Å²) in [5, 5.41) is 1.03. The second-order valence-electron chi connectivity index (χ2n) is 4.47. The van der Waals surface area contributed by atoms with Crippen LogP contribution in [0.2, 0.25) is 0 Å². The zero-order valence-electron chi connectivity index (χ0n) is 10.1. The molecule has 1 aromatic heterocycles. The molecule has 3 rings (SSSR count). The van der Waals surface area contributed by atoms with E-state index < -0.39 is 0 Å². The summed E-state index contributed by atoms with van der Waals surface area (Å²) in [6, 6.07) is 12.6. The number of rotatable bonds is 2. The normalized spacial score (nSPS) is 11.1. The van der Waals surface area contributed by atoms with Crippen LogP contribution < -0.4 is 5.73 Å². The lowest BCUT2D eigenvalue weighted by molar-refractivity contribution is 0.628. The van der Waals surface area contributed by atoms with Gasteiger partial charge in [0.05, 0.1) is 5.52 Å². The molecular weight excluding hydrogens is 307 g/mol. The molecule has 4 heteroatoms. The molecule has 0 aliphatic heterocycles. The Balaban J connectivity index is 2.06. The molecule has 1 heterocycles. The quantitative estimate of drug-likeness (QED) is 0.706. The van der Waals surface area contributed by atoms with Crippen molar-refractivity contribution in [3.8, 4) is 0 Å². The molecule has 0 saturated heterocycles. The monoisotopic (exact) mass is 318 g/mol. The number of benzene rings is 2. The minimum absolute atomic E-state index is 0.223. The molecule has 96 valence electrons. The standard InChI is InChI=1S/C15H12BrFN2/c16-15-11(2-1-3-13(15)18)9-19-7-6-10-4-5-12(17)8-14(10)19/h1-8H,9,18H2. The maximum Gasteiger partial charge on any atom is 0.125 e. The highest BCUT2D eigenvalue weighted by Crippen LogP contribution is 2.26. The summed E-state index contributed by atoms with van der Waals surface area (Å²) in [5.74, 6) is -0.223. The average Bonchev–Trinajstić information content (AvgIpc) is 2.78. The predicted molar refractivity (Wildman–Crippen MR) is 79.6 cm³/mol. The first kappa shape index (κ1) is 12.2. The number of nitrogens with two attached hydrogens (primary N) is 1. The molecule has 19 heavy (non-hydrogen) atoms. The molecule has 2 aromatic carbocycles. The summed E-state index contributed by atoms with van der Waals surface area (Å²) >= 11 is 3.49. The van der Waals surface area contributed by atoms with Crippen molar-refractivity contribution >= 4 is 32.5 Å². The second kappa shape index (κ2) is 4.70. The summed E-state index contributed by atoms with van der Waals surface area (Å²) in [7, 11) is 0. The molecule has 0 spiro atoms. The van der Waals surface area contributed by atoms with Crippen LogP contribution in [-0.2, 0) is 6.54 Å². The van der Waals surface area contributed by atoms with Gasteiger partial charge in [0, 0.05) is 22.9 Å². The molecule has 0 aliphatic rings. The van der Waals surface area contributed by atoms with Gasteiger partial charge in [0.15, 0.2) is 0 Å². The van der Waals surface area contributed by atoms with Crippen molar-refractivity contribution < 1.29 is 4.39 Å². The summed E-state index contributed by atoms with van der Waals surface area (Å²) in [6.07, 6.45) is 1.96. The molecule has 3 aromatic rings. The predicted octanol–water partition coefficient (Wildman–Crippen LogP) is 4.17. The van der Waals surface area contributed by atoms with Crippen LogP contribution in [0.25, 0.3) is 10.9 Å². The first-order valence-corrected chi connectivity index (χ1v) is 6.72. The van der Waals surface area contributed by atoms with Gasteiger partial charge >= 0.3 is 0 Å². The van der Waals surface area contributed by atoms with Gasteiger partial charge in [-0.15, -0.1) is 0 Å². The van der Waals surface area contributed by atoms with Crippen LogP contribution in [0.15, 0.2) is 53.1 Å². The van der Waals surface area contributed by atoms with E-state index in [4.69, 9.17) is 5.73 Å². The Bertz CT molecular complexity index is 749. The van der Waals surface area contributed by atoms with Gasteiger partial charge in [0.25, 0.3) is 0 Å². The minimum atomic E-state index is -0.223. The van der Waals surface area contributed by atoms with Gasteiger partial charge in [0.2, 0.25) is 0 Å². The molecule has 0 bridgehead atoms. The first-order valence-electron chi connectivity index (χ1n) is 5.92. The van der Waals surface area contributed by atoms with E-state index in [0.29, 0.717) is 12.2 Å². The van der Waals surface area contributed by atoms with Gasteiger partial charge in [0.1, 0.15) is 5.82 Å². The molecule has 0 atom stereocenters. The Morgan fingerprint density at radius 2 is 2.00 bits per heavy atom. The lowest BCUT2D eigenvalue weighted by atomic mass is 10.2.